The molecule has 0 fully saturated rings. The van der Waals surface area contributed by atoms with Crippen molar-refractivity contribution >= 4 is 29.3 Å². The van der Waals surface area contributed by atoms with Gasteiger partial charge < -0.3 is 10.1 Å². The molecule has 128 valence electrons. The molecule has 24 heavy (non-hydrogen) atoms. The third kappa shape index (κ3) is 5.42. The maximum absolute atomic E-state index is 13.3. The molecule has 2 rings (SSSR count). The summed E-state index contributed by atoms with van der Waals surface area (Å²) in [4.78, 5) is 12.0. The second-order valence-corrected chi connectivity index (χ2v) is 6.71. The van der Waals surface area contributed by atoms with E-state index in [2.05, 4.69) is 5.32 Å². The number of carbonyl (C=O) groups is 1. The van der Waals surface area contributed by atoms with Gasteiger partial charge in [0, 0.05) is 16.3 Å². The van der Waals surface area contributed by atoms with Gasteiger partial charge in [0.15, 0.2) is 0 Å². The Kier molecular flexibility index (Phi) is 6.94. The predicted molar refractivity (Wildman–Crippen MR) is 97.1 cm³/mol. The van der Waals surface area contributed by atoms with E-state index in [1.54, 1.807) is 25.3 Å². The van der Waals surface area contributed by atoms with Crippen molar-refractivity contribution in [3.63, 3.8) is 0 Å². The average molecular weight is 368 g/mol. The Balaban J connectivity index is 1.83. The SMILES string of the molecule is COc1ccc(F)cc1CSCC(=O)N[C@H](C)c1ccc(Cl)cc1. The molecular formula is C18H19ClFNO2S. The van der Waals surface area contributed by atoms with Crippen molar-refractivity contribution in [3.8, 4) is 5.75 Å². The molecule has 0 saturated carbocycles. The molecule has 1 amide bonds. The Morgan fingerprint density at radius 1 is 1.29 bits per heavy atom. The highest BCUT2D eigenvalue weighted by Crippen LogP contribution is 2.24. The maximum Gasteiger partial charge on any atom is 0.230 e. The van der Waals surface area contributed by atoms with Crippen LogP contribution in [0.25, 0.3) is 0 Å². The predicted octanol–water partition coefficient (Wildman–Crippen LogP) is 4.60. The summed E-state index contributed by atoms with van der Waals surface area (Å²) in [7, 11) is 1.54. The van der Waals surface area contributed by atoms with Crippen molar-refractivity contribution in [2.75, 3.05) is 12.9 Å². The van der Waals surface area contributed by atoms with Crippen LogP contribution in [0.4, 0.5) is 4.39 Å². The number of nitrogens with one attached hydrogen (secondary N) is 1. The summed E-state index contributed by atoms with van der Waals surface area (Å²) in [5.74, 6) is 1.03. The molecule has 1 atom stereocenters. The highest BCUT2D eigenvalue weighted by Gasteiger charge is 2.11. The van der Waals surface area contributed by atoms with Crippen molar-refractivity contribution < 1.29 is 13.9 Å². The van der Waals surface area contributed by atoms with Crippen LogP contribution in [0, 0.1) is 5.82 Å². The number of amides is 1. The third-order valence-corrected chi connectivity index (χ3v) is 4.71. The molecule has 1 N–H and O–H groups in total. The van der Waals surface area contributed by atoms with Gasteiger partial charge in [0.2, 0.25) is 5.91 Å². The van der Waals surface area contributed by atoms with Crippen LogP contribution < -0.4 is 10.1 Å². The number of ether oxygens (including phenoxy) is 1. The van der Waals surface area contributed by atoms with Crippen LogP contribution in [0.2, 0.25) is 5.02 Å². The summed E-state index contributed by atoms with van der Waals surface area (Å²) < 4.78 is 18.5. The average Bonchev–Trinajstić information content (AvgIpc) is 2.55. The van der Waals surface area contributed by atoms with Gasteiger partial charge >= 0.3 is 0 Å². The van der Waals surface area contributed by atoms with Crippen LogP contribution in [0.3, 0.4) is 0 Å². The molecule has 0 heterocycles. The largest absolute Gasteiger partial charge is 0.496 e. The molecule has 0 aliphatic rings. The van der Waals surface area contributed by atoms with E-state index in [4.69, 9.17) is 16.3 Å². The summed E-state index contributed by atoms with van der Waals surface area (Å²) in [5, 5.41) is 3.60. The van der Waals surface area contributed by atoms with Crippen LogP contribution in [-0.2, 0) is 10.5 Å². The molecule has 0 radical (unpaired) electrons. The van der Waals surface area contributed by atoms with E-state index in [9.17, 15) is 9.18 Å². The molecule has 0 bridgehead atoms. The van der Waals surface area contributed by atoms with Crippen LogP contribution in [0.15, 0.2) is 42.5 Å². The van der Waals surface area contributed by atoms with Crippen LogP contribution in [0.1, 0.15) is 24.1 Å². The van der Waals surface area contributed by atoms with Gasteiger partial charge in [-0.2, -0.15) is 0 Å². The molecule has 2 aromatic carbocycles. The summed E-state index contributed by atoms with van der Waals surface area (Å²) in [5.41, 5.74) is 1.73. The van der Waals surface area contributed by atoms with Gasteiger partial charge in [-0.15, -0.1) is 11.8 Å². The van der Waals surface area contributed by atoms with E-state index in [-0.39, 0.29) is 23.5 Å². The van der Waals surface area contributed by atoms with Gasteiger partial charge in [0.25, 0.3) is 0 Å². The second kappa shape index (κ2) is 8.94. The first-order valence-electron chi connectivity index (χ1n) is 7.44. The van der Waals surface area contributed by atoms with Crippen molar-refractivity contribution in [1.29, 1.82) is 0 Å². The van der Waals surface area contributed by atoms with E-state index in [1.807, 2.05) is 19.1 Å². The van der Waals surface area contributed by atoms with Crippen LogP contribution in [0.5, 0.6) is 5.75 Å². The van der Waals surface area contributed by atoms with E-state index in [0.717, 1.165) is 11.1 Å². The molecule has 0 aromatic heterocycles. The smallest absolute Gasteiger partial charge is 0.230 e. The quantitative estimate of drug-likeness (QED) is 0.777. The molecule has 0 spiro atoms. The minimum absolute atomic E-state index is 0.0715. The van der Waals surface area contributed by atoms with Gasteiger partial charge in [-0.05, 0) is 42.8 Å². The molecule has 6 heteroatoms. The first kappa shape index (κ1) is 18.6. The summed E-state index contributed by atoms with van der Waals surface area (Å²) in [6.45, 7) is 1.92. The summed E-state index contributed by atoms with van der Waals surface area (Å²) in [6.07, 6.45) is 0. The zero-order valence-corrected chi connectivity index (χ0v) is 15.1. The number of rotatable bonds is 7. The monoisotopic (exact) mass is 367 g/mol. The highest BCUT2D eigenvalue weighted by molar-refractivity contribution is 7.99. The van der Waals surface area contributed by atoms with Crippen LogP contribution in [-0.4, -0.2) is 18.8 Å². The number of hydrogen-bond acceptors (Lipinski definition) is 3. The minimum Gasteiger partial charge on any atom is -0.496 e. The topological polar surface area (TPSA) is 38.3 Å². The molecule has 0 unspecified atom stereocenters. The lowest BCUT2D eigenvalue weighted by Crippen LogP contribution is -2.28. The van der Waals surface area contributed by atoms with E-state index < -0.39 is 0 Å². The number of halogens is 2. The van der Waals surface area contributed by atoms with Gasteiger partial charge in [0.1, 0.15) is 11.6 Å². The standard InChI is InChI=1S/C18H19ClFNO2S/c1-12(13-3-5-15(19)6-4-13)21-18(22)11-24-10-14-9-16(20)7-8-17(14)23-2/h3-9,12H,10-11H2,1-2H3,(H,21,22)/t12-/m1/s1. The van der Waals surface area contributed by atoms with Gasteiger partial charge in [-0.1, -0.05) is 23.7 Å². The van der Waals surface area contributed by atoms with Crippen molar-refractivity contribution in [1.82, 2.24) is 5.32 Å². The third-order valence-electron chi connectivity index (χ3n) is 3.48. The lowest BCUT2D eigenvalue weighted by atomic mass is 10.1. The highest BCUT2D eigenvalue weighted by atomic mass is 35.5. The number of thioether (sulfide) groups is 1. The van der Waals surface area contributed by atoms with Crippen molar-refractivity contribution in [2.24, 2.45) is 0 Å². The lowest BCUT2D eigenvalue weighted by molar-refractivity contribution is -0.119. The fraction of sp³-hybridized carbons (Fsp3) is 0.278. The number of methoxy groups -OCH3 is 1. The zero-order chi connectivity index (χ0) is 17.5. The normalized spacial score (nSPS) is 11.8. The Morgan fingerprint density at radius 3 is 2.67 bits per heavy atom. The lowest BCUT2D eigenvalue weighted by Gasteiger charge is -2.14. The Bertz CT molecular complexity index is 694. The van der Waals surface area contributed by atoms with E-state index in [0.29, 0.717) is 16.5 Å². The number of benzene rings is 2. The Hall–Kier alpha value is -1.72. The molecule has 3 nitrogen and oxygen atoms in total. The molecular weight excluding hydrogens is 349 g/mol. The van der Waals surface area contributed by atoms with Gasteiger partial charge in [-0.3, -0.25) is 4.79 Å². The Morgan fingerprint density at radius 2 is 2.00 bits per heavy atom. The fourth-order valence-corrected chi connectivity index (χ4v) is 3.17. The molecule has 0 saturated heterocycles. The molecule has 2 aromatic rings. The number of hydrogen-bond donors (Lipinski definition) is 1. The summed E-state index contributed by atoms with van der Waals surface area (Å²) in [6, 6.07) is 11.6. The van der Waals surface area contributed by atoms with Gasteiger partial charge in [-0.25, -0.2) is 4.39 Å². The molecule has 0 aliphatic heterocycles. The summed E-state index contributed by atoms with van der Waals surface area (Å²) >= 11 is 7.27. The second-order valence-electron chi connectivity index (χ2n) is 5.29. The van der Waals surface area contributed by atoms with E-state index >= 15 is 0 Å². The number of carbonyl (C=O) groups excluding carboxylic acids is 1. The van der Waals surface area contributed by atoms with Gasteiger partial charge in [0.05, 0.1) is 18.9 Å². The zero-order valence-electron chi connectivity index (χ0n) is 13.5. The maximum atomic E-state index is 13.3. The first-order valence-corrected chi connectivity index (χ1v) is 8.98. The fourth-order valence-electron chi connectivity index (χ4n) is 2.23. The molecule has 0 aliphatic carbocycles. The first-order chi connectivity index (χ1) is 11.5. The van der Waals surface area contributed by atoms with E-state index in [1.165, 1.54) is 23.9 Å². The van der Waals surface area contributed by atoms with Crippen molar-refractivity contribution in [3.05, 3.63) is 64.4 Å². The minimum atomic E-state index is -0.313. The van der Waals surface area contributed by atoms with Crippen LogP contribution >= 0.6 is 23.4 Å². The Labute approximate surface area is 150 Å². The van der Waals surface area contributed by atoms with Crippen molar-refractivity contribution in [2.45, 2.75) is 18.7 Å².